The van der Waals surface area contributed by atoms with Crippen LogP contribution < -0.4 is 15.1 Å². The summed E-state index contributed by atoms with van der Waals surface area (Å²) in [6, 6.07) is 17.6. The second-order valence-electron chi connectivity index (χ2n) is 3.85. The van der Waals surface area contributed by atoms with Gasteiger partial charge in [-0.1, -0.05) is 30.3 Å². The van der Waals surface area contributed by atoms with Gasteiger partial charge in [0, 0.05) is 6.54 Å². The number of benzene rings is 2. The fraction of sp³-hybridized carbons (Fsp3) is 0.200. The Kier molecular flexibility index (Phi) is 4.61. The summed E-state index contributed by atoms with van der Waals surface area (Å²) >= 11 is 0. The summed E-state index contributed by atoms with van der Waals surface area (Å²) in [5.74, 6) is 1.62. The van der Waals surface area contributed by atoms with E-state index >= 15 is 0 Å². The quantitative estimate of drug-likeness (QED) is 0.790. The van der Waals surface area contributed by atoms with E-state index in [9.17, 15) is 0 Å². The molecule has 0 aromatic heterocycles. The van der Waals surface area contributed by atoms with E-state index in [4.69, 9.17) is 9.57 Å². The zero-order chi connectivity index (χ0) is 12.6. The molecule has 0 unspecified atom stereocenters. The minimum absolute atomic E-state index is 0.578. The molecule has 0 spiro atoms. The Morgan fingerprint density at radius 1 is 0.889 bits per heavy atom. The maximum atomic E-state index is 5.68. The van der Waals surface area contributed by atoms with Crippen LogP contribution in [0.4, 0.5) is 0 Å². The average Bonchev–Trinajstić information content (AvgIpc) is 2.45. The lowest BCUT2D eigenvalue weighted by atomic mass is 10.2. The second-order valence-corrected chi connectivity index (χ2v) is 3.85. The molecule has 2 rings (SSSR count). The molecule has 0 saturated heterocycles. The fourth-order valence-corrected chi connectivity index (χ4v) is 1.50. The zero-order valence-corrected chi connectivity index (χ0v) is 10.4. The molecular formula is C15H17NO2. The second kappa shape index (κ2) is 6.67. The minimum atomic E-state index is 0.578. The summed E-state index contributed by atoms with van der Waals surface area (Å²) in [5, 5.41) is 0. The van der Waals surface area contributed by atoms with Crippen LogP contribution in [0.3, 0.4) is 0 Å². The highest BCUT2D eigenvalue weighted by Crippen LogP contribution is 2.18. The molecule has 0 amide bonds. The zero-order valence-electron chi connectivity index (χ0n) is 10.4. The smallest absolute Gasteiger partial charge is 0.147 e. The van der Waals surface area contributed by atoms with Crippen molar-refractivity contribution in [3.8, 4) is 11.5 Å². The highest BCUT2D eigenvalue weighted by atomic mass is 16.6. The largest absolute Gasteiger partial charge is 0.489 e. The summed E-state index contributed by atoms with van der Waals surface area (Å²) in [7, 11) is 0. The van der Waals surface area contributed by atoms with Gasteiger partial charge in [0.25, 0.3) is 0 Å². The van der Waals surface area contributed by atoms with Gasteiger partial charge in [-0.15, -0.1) is 0 Å². The maximum absolute atomic E-state index is 5.68. The van der Waals surface area contributed by atoms with Gasteiger partial charge >= 0.3 is 0 Å². The fourth-order valence-electron chi connectivity index (χ4n) is 1.50. The van der Waals surface area contributed by atoms with Crippen molar-refractivity contribution in [1.29, 1.82) is 0 Å². The molecule has 0 aliphatic carbocycles. The van der Waals surface area contributed by atoms with Crippen molar-refractivity contribution < 1.29 is 9.57 Å². The Labute approximate surface area is 107 Å². The molecule has 2 aromatic carbocycles. The molecule has 0 saturated carbocycles. The number of hydrogen-bond donors (Lipinski definition) is 1. The molecule has 18 heavy (non-hydrogen) atoms. The third-order valence-electron chi connectivity index (χ3n) is 2.41. The first-order chi connectivity index (χ1) is 8.88. The number of nitrogens with one attached hydrogen (secondary N) is 1. The van der Waals surface area contributed by atoms with E-state index in [0.29, 0.717) is 6.61 Å². The third kappa shape index (κ3) is 3.79. The monoisotopic (exact) mass is 243 g/mol. The summed E-state index contributed by atoms with van der Waals surface area (Å²) in [5.41, 5.74) is 3.96. The molecule has 0 bridgehead atoms. The normalized spacial score (nSPS) is 10.1. The summed E-state index contributed by atoms with van der Waals surface area (Å²) < 4.78 is 5.68. The molecule has 1 N–H and O–H groups in total. The molecule has 0 radical (unpaired) electrons. The topological polar surface area (TPSA) is 30.5 Å². The number of rotatable bonds is 6. The van der Waals surface area contributed by atoms with Gasteiger partial charge in [-0.2, -0.15) is 5.48 Å². The molecular weight excluding hydrogens is 226 g/mol. The van der Waals surface area contributed by atoms with Gasteiger partial charge in [0.15, 0.2) is 0 Å². The van der Waals surface area contributed by atoms with Gasteiger partial charge in [0.1, 0.15) is 18.1 Å². The van der Waals surface area contributed by atoms with Crippen molar-refractivity contribution in [2.24, 2.45) is 0 Å². The molecule has 94 valence electrons. The summed E-state index contributed by atoms with van der Waals surface area (Å²) in [6.45, 7) is 3.33. The Balaban J connectivity index is 1.86. The number of hydroxylamine groups is 1. The predicted molar refractivity (Wildman–Crippen MR) is 71.5 cm³/mol. The molecule has 0 aliphatic rings. The van der Waals surface area contributed by atoms with E-state index in [0.717, 1.165) is 23.6 Å². The van der Waals surface area contributed by atoms with Crippen molar-refractivity contribution in [2.45, 2.75) is 13.5 Å². The molecule has 0 heterocycles. The minimum Gasteiger partial charge on any atom is -0.489 e. The van der Waals surface area contributed by atoms with Crippen LogP contribution >= 0.6 is 0 Å². The molecule has 3 heteroatoms. The van der Waals surface area contributed by atoms with E-state index < -0.39 is 0 Å². The summed E-state index contributed by atoms with van der Waals surface area (Å²) in [4.78, 5) is 5.27. The van der Waals surface area contributed by atoms with E-state index in [2.05, 4.69) is 5.48 Å². The molecule has 3 nitrogen and oxygen atoms in total. The van der Waals surface area contributed by atoms with Crippen molar-refractivity contribution in [3.05, 3.63) is 60.2 Å². The predicted octanol–water partition coefficient (Wildman–Crippen LogP) is 3.17. The maximum Gasteiger partial charge on any atom is 0.147 e. The Bertz CT molecular complexity index is 454. The van der Waals surface area contributed by atoms with Gasteiger partial charge in [-0.3, -0.25) is 0 Å². The van der Waals surface area contributed by atoms with Gasteiger partial charge in [0.05, 0.1) is 0 Å². The summed E-state index contributed by atoms with van der Waals surface area (Å²) in [6.07, 6.45) is 0. The Hall–Kier alpha value is -2.00. The van der Waals surface area contributed by atoms with Crippen LogP contribution in [0.15, 0.2) is 54.6 Å². The van der Waals surface area contributed by atoms with Crippen LogP contribution in [0.25, 0.3) is 0 Å². The molecule has 0 atom stereocenters. The third-order valence-corrected chi connectivity index (χ3v) is 2.41. The van der Waals surface area contributed by atoms with Crippen LogP contribution in [-0.4, -0.2) is 6.54 Å². The Morgan fingerprint density at radius 3 is 2.22 bits per heavy atom. The molecule has 0 fully saturated rings. The lowest BCUT2D eigenvalue weighted by Gasteiger charge is -2.08. The Morgan fingerprint density at radius 2 is 1.56 bits per heavy atom. The van der Waals surface area contributed by atoms with Crippen molar-refractivity contribution in [2.75, 3.05) is 6.54 Å². The van der Waals surface area contributed by atoms with E-state index in [1.807, 2.05) is 61.5 Å². The van der Waals surface area contributed by atoms with Crippen molar-refractivity contribution in [1.82, 2.24) is 5.48 Å². The number of hydrogen-bond acceptors (Lipinski definition) is 3. The highest BCUT2D eigenvalue weighted by Gasteiger charge is 1.97. The van der Waals surface area contributed by atoms with Crippen LogP contribution in [-0.2, 0) is 6.61 Å². The van der Waals surface area contributed by atoms with Gasteiger partial charge < -0.3 is 9.57 Å². The first-order valence-corrected chi connectivity index (χ1v) is 6.05. The van der Waals surface area contributed by atoms with E-state index in [1.165, 1.54) is 0 Å². The first kappa shape index (κ1) is 12.5. The van der Waals surface area contributed by atoms with Crippen LogP contribution in [0, 0.1) is 0 Å². The number of ether oxygens (including phenoxy) is 1. The lowest BCUT2D eigenvalue weighted by molar-refractivity contribution is 0.202. The van der Waals surface area contributed by atoms with Gasteiger partial charge in [0.2, 0.25) is 0 Å². The SMILES string of the molecule is CCNOc1ccc(OCc2ccccc2)cc1. The van der Waals surface area contributed by atoms with Crippen LogP contribution in [0.1, 0.15) is 12.5 Å². The van der Waals surface area contributed by atoms with Crippen LogP contribution in [0.5, 0.6) is 11.5 Å². The highest BCUT2D eigenvalue weighted by molar-refractivity contribution is 5.31. The first-order valence-electron chi connectivity index (χ1n) is 6.05. The average molecular weight is 243 g/mol. The van der Waals surface area contributed by atoms with E-state index in [-0.39, 0.29) is 0 Å². The lowest BCUT2D eigenvalue weighted by Crippen LogP contribution is -2.16. The van der Waals surface area contributed by atoms with E-state index in [1.54, 1.807) is 0 Å². The van der Waals surface area contributed by atoms with Crippen LogP contribution in [0.2, 0.25) is 0 Å². The van der Waals surface area contributed by atoms with Gasteiger partial charge in [-0.25, -0.2) is 0 Å². The molecule has 0 aliphatic heterocycles. The van der Waals surface area contributed by atoms with Crippen molar-refractivity contribution in [3.63, 3.8) is 0 Å². The van der Waals surface area contributed by atoms with Gasteiger partial charge in [-0.05, 0) is 36.8 Å². The molecule has 2 aromatic rings. The standard InChI is InChI=1S/C15H17NO2/c1-2-16-18-15-10-8-14(9-11-15)17-12-13-6-4-3-5-7-13/h3-11,16H,2,12H2,1H3. The van der Waals surface area contributed by atoms with Crippen molar-refractivity contribution >= 4 is 0 Å².